The zero-order valence-corrected chi connectivity index (χ0v) is 10.6. The number of benzene rings is 2. The van der Waals surface area contributed by atoms with Gasteiger partial charge in [-0.2, -0.15) is 26.3 Å². The summed E-state index contributed by atoms with van der Waals surface area (Å²) in [5.41, 5.74) is -2.85. The van der Waals surface area contributed by atoms with Crippen LogP contribution < -0.4 is 0 Å². The molecular weight excluding hydrogens is 310 g/mol. The van der Waals surface area contributed by atoms with Gasteiger partial charge in [0.05, 0.1) is 0 Å². The van der Waals surface area contributed by atoms with Gasteiger partial charge in [-0.25, -0.2) is 0 Å². The lowest BCUT2D eigenvalue weighted by molar-refractivity contribution is -0.145. The molecule has 0 aliphatic rings. The van der Waals surface area contributed by atoms with Crippen LogP contribution in [0.5, 0.6) is 0 Å². The fraction of sp³-hybridized carbons (Fsp3) is 0.143. The molecule has 0 spiro atoms. The van der Waals surface area contributed by atoms with Crippen molar-refractivity contribution in [1.29, 1.82) is 0 Å². The summed E-state index contributed by atoms with van der Waals surface area (Å²) in [5.74, 6) is 0. The monoisotopic (exact) mass is 316 g/mol. The van der Waals surface area contributed by atoms with E-state index in [2.05, 4.69) is 10.2 Å². The van der Waals surface area contributed by atoms with E-state index >= 15 is 0 Å². The Labute approximate surface area is 119 Å². The van der Waals surface area contributed by atoms with E-state index in [0.29, 0.717) is 5.39 Å². The molecule has 0 fully saturated rings. The fourth-order valence-electron chi connectivity index (χ4n) is 2.34. The van der Waals surface area contributed by atoms with E-state index in [1.165, 1.54) is 24.3 Å². The molecule has 22 heavy (non-hydrogen) atoms. The Hall–Kier alpha value is -2.38. The van der Waals surface area contributed by atoms with E-state index in [1.807, 2.05) is 0 Å². The number of fused-ring (bicyclic) bond motifs is 3. The average molecular weight is 316 g/mol. The number of halogens is 6. The van der Waals surface area contributed by atoms with Crippen molar-refractivity contribution >= 4 is 21.5 Å². The van der Waals surface area contributed by atoms with Crippen molar-refractivity contribution in [2.75, 3.05) is 0 Å². The quantitative estimate of drug-likeness (QED) is 0.439. The van der Waals surface area contributed by atoms with Crippen LogP contribution in [0.2, 0.25) is 0 Å². The molecule has 3 aromatic rings. The maximum absolute atomic E-state index is 13.1. The van der Waals surface area contributed by atoms with Gasteiger partial charge in [0.15, 0.2) is 11.4 Å². The van der Waals surface area contributed by atoms with Crippen molar-refractivity contribution in [2.45, 2.75) is 12.4 Å². The predicted octanol–water partition coefficient (Wildman–Crippen LogP) is 4.82. The topological polar surface area (TPSA) is 25.8 Å². The second kappa shape index (κ2) is 4.56. The van der Waals surface area contributed by atoms with Gasteiger partial charge < -0.3 is 0 Å². The molecule has 0 N–H and O–H groups in total. The molecule has 1 aromatic heterocycles. The standard InChI is InChI=1S/C14H6F6N2/c15-13(16,17)11-9-6-5-7-3-1-2-4-8(7)10(9)12(22-21-11)14(18,19)20/h1-6H. The molecule has 114 valence electrons. The third kappa shape index (κ3) is 2.24. The number of rotatable bonds is 0. The normalized spacial score (nSPS) is 13.0. The van der Waals surface area contributed by atoms with Crippen molar-refractivity contribution < 1.29 is 26.3 Å². The van der Waals surface area contributed by atoms with E-state index in [1.54, 1.807) is 6.07 Å². The molecule has 0 radical (unpaired) electrons. The highest BCUT2D eigenvalue weighted by molar-refractivity contribution is 6.09. The van der Waals surface area contributed by atoms with Crippen LogP contribution in [0.4, 0.5) is 26.3 Å². The summed E-state index contributed by atoms with van der Waals surface area (Å²) in [7, 11) is 0. The highest BCUT2D eigenvalue weighted by Crippen LogP contribution is 2.40. The SMILES string of the molecule is FC(F)(F)c1nnc(C(F)(F)F)c2c1ccc1ccccc12. The molecule has 0 saturated heterocycles. The average Bonchev–Trinajstić information content (AvgIpc) is 2.43. The highest BCUT2D eigenvalue weighted by Gasteiger charge is 2.41. The second-order valence-corrected chi connectivity index (χ2v) is 4.60. The maximum atomic E-state index is 13.1. The van der Waals surface area contributed by atoms with Crippen molar-refractivity contribution in [2.24, 2.45) is 0 Å². The molecule has 2 nitrogen and oxygen atoms in total. The van der Waals surface area contributed by atoms with E-state index in [4.69, 9.17) is 0 Å². The van der Waals surface area contributed by atoms with Crippen molar-refractivity contribution in [3.8, 4) is 0 Å². The van der Waals surface area contributed by atoms with E-state index < -0.39 is 34.5 Å². The molecule has 0 saturated carbocycles. The van der Waals surface area contributed by atoms with Crippen LogP contribution in [-0.4, -0.2) is 10.2 Å². The van der Waals surface area contributed by atoms with Crippen LogP contribution in [0.1, 0.15) is 11.4 Å². The van der Waals surface area contributed by atoms with Crippen LogP contribution in [0.25, 0.3) is 21.5 Å². The Bertz CT molecular complexity index is 867. The first-order valence-electron chi connectivity index (χ1n) is 6.02. The minimum atomic E-state index is -4.90. The van der Waals surface area contributed by atoms with Gasteiger partial charge in [-0.1, -0.05) is 36.4 Å². The molecule has 8 heteroatoms. The number of hydrogen-bond donors (Lipinski definition) is 0. The summed E-state index contributed by atoms with van der Waals surface area (Å²) in [4.78, 5) is 0. The third-order valence-corrected chi connectivity index (χ3v) is 3.21. The number of hydrogen-bond acceptors (Lipinski definition) is 2. The van der Waals surface area contributed by atoms with Gasteiger partial charge in [0, 0.05) is 10.8 Å². The lowest BCUT2D eigenvalue weighted by Gasteiger charge is -2.14. The van der Waals surface area contributed by atoms with E-state index in [9.17, 15) is 26.3 Å². The number of aromatic nitrogens is 2. The largest absolute Gasteiger partial charge is 0.435 e. The van der Waals surface area contributed by atoms with Gasteiger partial charge >= 0.3 is 12.4 Å². The molecule has 2 aromatic carbocycles. The smallest absolute Gasteiger partial charge is 0.164 e. The summed E-state index contributed by atoms with van der Waals surface area (Å²) < 4.78 is 78.2. The lowest BCUT2D eigenvalue weighted by Crippen LogP contribution is -2.16. The molecule has 3 rings (SSSR count). The van der Waals surface area contributed by atoms with Crippen molar-refractivity contribution in [1.82, 2.24) is 10.2 Å². The minimum Gasteiger partial charge on any atom is -0.164 e. The molecular formula is C14H6F6N2. The van der Waals surface area contributed by atoms with Crippen LogP contribution in [0.3, 0.4) is 0 Å². The summed E-state index contributed by atoms with van der Waals surface area (Å²) in [6.07, 6.45) is -9.79. The van der Waals surface area contributed by atoms with Crippen LogP contribution in [0, 0.1) is 0 Å². The molecule has 0 atom stereocenters. The zero-order valence-electron chi connectivity index (χ0n) is 10.6. The first-order chi connectivity index (χ1) is 10.2. The van der Waals surface area contributed by atoms with Crippen LogP contribution in [-0.2, 0) is 12.4 Å². The second-order valence-electron chi connectivity index (χ2n) is 4.60. The lowest BCUT2D eigenvalue weighted by atomic mass is 10.00. The summed E-state index contributed by atoms with van der Waals surface area (Å²) >= 11 is 0. The van der Waals surface area contributed by atoms with Gasteiger partial charge in [0.2, 0.25) is 0 Å². The molecule has 0 amide bonds. The first kappa shape index (κ1) is 14.6. The van der Waals surface area contributed by atoms with Crippen LogP contribution >= 0.6 is 0 Å². The Kier molecular flexibility index (Phi) is 3.01. The van der Waals surface area contributed by atoms with E-state index in [-0.39, 0.29) is 5.39 Å². The molecule has 0 aliphatic carbocycles. The molecule has 0 aliphatic heterocycles. The highest BCUT2D eigenvalue weighted by atomic mass is 19.4. The van der Waals surface area contributed by atoms with Gasteiger partial charge in [-0.3, -0.25) is 0 Å². The van der Waals surface area contributed by atoms with Crippen LogP contribution in [0.15, 0.2) is 36.4 Å². The predicted molar refractivity (Wildman–Crippen MR) is 67.0 cm³/mol. The molecule has 0 bridgehead atoms. The molecule has 0 unspecified atom stereocenters. The fourth-order valence-corrected chi connectivity index (χ4v) is 2.34. The third-order valence-electron chi connectivity index (χ3n) is 3.21. The minimum absolute atomic E-state index is 0.0488. The van der Waals surface area contributed by atoms with Crippen molar-refractivity contribution in [3.63, 3.8) is 0 Å². The first-order valence-corrected chi connectivity index (χ1v) is 6.02. The Morgan fingerprint density at radius 1 is 0.636 bits per heavy atom. The maximum Gasteiger partial charge on any atom is 0.435 e. The Morgan fingerprint density at radius 2 is 1.23 bits per heavy atom. The zero-order chi connectivity index (χ0) is 16.1. The summed E-state index contributed by atoms with van der Waals surface area (Å²) in [6.45, 7) is 0. The Balaban J connectivity index is 2.56. The Morgan fingerprint density at radius 3 is 1.86 bits per heavy atom. The molecule has 1 heterocycles. The van der Waals surface area contributed by atoms with E-state index in [0.717, 1.165) is 6.07 Å². The summed E-state index contributed by atoms with van der Waals surface area (Å²) in [5, 5.41) is 4.79. The number of alkyl halides is 6. The van der Waals surface area contributed by atoms with Crippen molar-refractivity contribution in [3.05, 3.63) is 47.8 Å². The van der Waals surface area contributed by atoms with Gasteiger partial charge in [0.1, 0.15) is 0 Å². The van der Waals surface area contributed by atoms with Gasteiger partial charge in [-0.05, 0) is 10.8 Å². The van der Waals surface area contributed by atoms with Gasteiger partial charge in [-0.15, -0.1) is 10.2 Å². The van der Waals surface area contributed by atoms with Gasteiger partial charge in [0.25, 0.3) is 0 Å². The number of nitrogens with zero attached hydrogens (tertiary/aromatic N) is 2. The summed E-state index contributed by atoms with van der Waals surface area (Å²) in [6, 6.07) is 8.20.